The van der Waals surface area contributed by atoms with Gasteiger partial charge in [-0.2, -0.15) is 0 Å². The summed E-state index contributed by atoms with van der Waals surface area (Å²) >= 11 is 0. The monoisotopic (exact) mass is 470 g/mol. The fourth-order valence-corrected chi connectivity index (χ4v) is 5.35. The Hall–Kier alpha value is -2.15. The van der Waals surface area contributed by atoms with Gasteiger partial charge in [0.2, 0.25) is 0 Å². The Morgan fingerprint density at radius 1 is 1.24 bits per heavy atom. The van der Waals surface area contributed by atoms with Crippen molar-refractivity contribution in [3.8, 4) is 5.75 Å². The van der Waals surface area contributed by atoms with E-state index in [4.69, 9.17) is 23.7 Å². The van der Waals surface area contributed by atoms with Gasteiger partial charge in [-0.1, -0.05) is 23.8 Å². The number of hydrogen-bond donors (Lipinski definition) is 0. The molecule has 1 aromatic rings. The average Bonchev–Trinajstić information content (AvgIpc) is 3.70. The van der Waals surface area contributed by atoms with E-state index in [9.17, 15) is 4.79 Å². The van der Waals surface area contributed by atoms with E-state index in [0.717, 1.165) is 24.2 Å². The minimum absolute atomic E-state index is 0.0181. The molecule has 2 saturated heterocycles. The molecular formula is C28H38O6. The molecule has 1 aliphatic carbocycles. The van der Waals surface area contributed by atoms with Crippen molar-refractivity contribution in [1.29, 1.82) is 0 Å². The van der Waals surface area contributed by atoms with Crippen LogP contribution in [0.5, 0.6) is 5.75 Å². The second-order valence-electron chi connectivity index (χ2n) is 10.4. The van der Waals surface area contributed by atoms with E-state index in [1.807, 2.05) is 38.1 Å². The van der Waals surface area contributed by atoms with Crippen LogP contribution < -0.4 is 4.74 Å². The van der Waals surface area contributed by atoms with Gasteiger partial charge < -0.3 is 23.7 Å². The first-order valence-electron chi connectivity index (χ1n) is 12.3. The van der Waals surface area contributed by atoms with E-state index in [1.54, 1.807) is 13.2 Å². The van der Waals surface area contributed by atoms with Gasteiger partial charge in [-0.05, 0) is 77.7 Å². The van der Waals surface area contributed by atoms with Crippen LogP contribution >= 0.6 is 0 Å². The van der Waals surface area contributed by atoms with Crippen molar-refractivity contribution in [2.75, 3.05) is 13.7 Å². The Bertz CT molecular complexity index is 925. The second kappa shape index (κ2) is 9.84. The molecule has 186 valence electrons. The molecule has 3 fully saturated rings. The van der Waals surface area contributed by atoms with E-state index in [2.05, 4.69) is 26.8 Å². The molecule has 0 radical (unpaired) electrons. The van der Waals surface area contributed by atoms with Crippen molar-refractivity contribution in [3.05, 3.63) is 47.6 Å². The zero-order chi connectivity index (χ0) is 24.5. The first kappa shape index (κ1) is 25.0. The van der Waals surface area contributed by atoms with Gasteiger partial charge in [0.1, 0.15) is 29.2 Å². The predicted molar refractivity (Wildman–Crippen MR) is 131 cm³/mol. The molecule has 0 aromatic heterocycles. The zero-order valence-corrected chi connectivity index (χ0v) is 21.2. The van der Waals surface area contributed by atoms with Crippen LogP contribution in [-0.4, -0.2) is 55.3 Å². The van der Waals surface area contributed by atoms with Crippen molar-refractivity contribution < 1.29 is 28.5 Å². The van der Waals surface area contributed by atoms with Gasteiger partial charge in [-0.25, -0.2) is 4.79 Å². The first-order chi connectivity index (χ1) is 16.2. The van der Waals surface area contributed by atoms with Crippen LogP contribution in [0.25, 0.3) is 6.08 Å². The van der Waals surface area contributed by atoms with Gasteiger partial charge in [0.05, 0.1) is 24.7 Å². The van der Waals surface area contributed by atoms with Gasteiger partial charge in [0.15, 0.2) is 0 Å². The van der Waals surface area contributed by atoms with E-state index >= 15 is 0 Å². The fraction of sp³-hybridized carbons (Fsp3) is 0.607. The normalized spacial score (nSPS) is 34.3. The van der Waals surface area contributed by atoms with Crippen LogP contribution in [0.15, 0.2) is 42.0 Å². The van der Waals surface area contributed by atoms with E-state index < -0.39 is 0 Å². The molecule has 0 N–H and O–H groups in total. The minimum atomic E-state index is -0.371. The molecule has 6 atom stereocenters. The zero-order valence-electron chi connectivity index (χ0n) is 21.2. The van der Waals surface area contributed by atoms with Crippen LogP contribution in [0.2, 0.25) is 0 Å². The van der Waals surface area contributed by atoms with Gasteiger partial charge in [0, 0.05) is 13.2 Å². The maximum Gasteiger partial charge on any atom is 0.331 e. The third-order valence-electron chi connectivity index (χ3n) is 7.17. The van der Waals surface area contributed by atoms with E-state index in [1.165, 1.54) is 11.6 Å². The smallest absolute Gasteiger partial charge is 0.331 e. The number of allylic oxidation sites excluding steroid dienone is 1. The average molecular weight is 471 g/mol. The number of benzene rings is 1. The molecule has 0 amide bonds. The Morgan fingerprint density at radius 2 is 1.94 bits per heavy atom. The quantitative estimate of drug-likeness (QED) is 0.216. The summed E-state index contributed by atoms with van der Waals surface area (Å²) in [7, 11) is 1.69. The number of rotatable bonds is 9. The third-order valence-corrected chi connectivity index (χ3v) is 7.17. The van der Waals surface area contributed by atoms with Crippen LogP contribution in [0.4, 0.5) is 0 Å². The fourth-order valence-electron chi connectivity index (χ4n) is 5.35. The summed E-state index contributed by atoms with van der Waals surface area (Å²) < 4.78 is 29.7. The van der Waals surface area contributed by atoms with Crippen molar-refractivity contribution in [2.24, 2.45) is 5.92 Å². The van der Waals surface area contributed by atoms with Gasteiger partial charge in [-0.3, -0.25) is 0 Å². The second-order valence-corrected chi connectivity index (χ2v) is 10.4. The summed E-state index contributed by atoms with van der Waals surface area (Å²) in [5.74, 6) is 0.453. The summed E-state index contributed by atoms with van der Waals surface area (Å²) in [6, 6.07) is 7.63. The Kier molecular flexibility index (Phi) is 7.22. The molecule has 0 bridgehead atoms. The van der Waals surface area contributed by atoms with Crippen LogP contribution in [-0.2, 0) is 23.7 Å². The molecule has 2 aliphatic heterocycles. The van der Waals surface area contributed by atoms with Crippen molar-refractivity contribution in [2.45, 2.75) is 89.5 Å². The summed E-state index contributed by atoms with van der Waals surface area (Å²) in [6.07, 6.45) is 7.51. The van der Waals surface area contributed by atoms with Gasteiger partial charge >= 0.3 is 5.97 Å². The van der Waals surface area contributed by atoms with Gasteiger partial charge in [-0.15, -0.1) is 0 Å². The van der Waals surface area contributed by atoms with Crippen LogP contribution in [0.3, 0.4) is 0 Å². The van der Waals surface area contributed by atoms with Gasteiger partial charge in [0.25, 0.3) is 0 Å². The SMILES string of the molecule is CO[C@H]1C([C@]2(C)OC2CC=C(C)C)[C@]2(CC[C@H]1OC(=O)/C=C/c1ccc(OC(C)C)cc1)CO2. The Balaban J connectivity index is 1.40. The lowest BCUT2D eigenvalue weighted by Crippen LogP contribution is -2.55. The highest BCUT2D eigenvalue weighted by molar-refractivity contribution is 5.87. The summed E-state index contributed by atoms with van der Waals surface area (Å²) in [4.78, 5) is 12.7. The highest BCUT2D eigenvalue weighted by atomic mass is 16.6. The topological polar surface area (TPSA) is 69.8 Å². The summed E-state index contributed by atoms with van der Waals surface area (Å²) in [5, 5.41) is 0. The Labute approximate surface area is 203 Å². The molecule has 3 aliphatic rings. The van der Waals surface area contributed by atoms with Crippen molar-refractivity contribution in [3.63, 3.8) is 0 Å². The molecule has 4 rings (SSSR count). The first-order valence-corrected chi connectivity index (χ1v) is 12.3. The molecule has 1 saturated carbocycles. The molecule has 2 heterocycles. The van der Waals surface area contributed by atoms with Crippen LogP contribution in [0.1, 0.15) is 59.4 Å². The van der Waals surface area contributed by atoms with Crippen molar-refractivity contribution in [1.82, 2.24) is 0 Å². The number of ether oxygens (including phenoxy) is 5. The molecule has 6 heteroatoms. The number of carbonyl (C=O) groups excluding carboxylic acids is 1. The van der Waals surface area contributed by atoms with Crippen molar-refractivity contribution >= 4 is 12.0 Å². The summed E-state index contributed by atoms with van der Waals surface area (Å²) in [6.45, 7) is 11.0. The van der Waals surface area contributed by atoms with E-state index in [-0.39, 0.29) is 47.5 Å². The standard InChI is InChI=1S/C28H38O6/c1-18(2)7-13-23-27(5,34-23)26-25(30-6)22(15-16-28(26)17-31-28)33-24(29)14-10-20-8-11-21(12-9-20)32-19(3)4/h7-12,14,19,22-23,25-26H,13,15-17H2,1-6H3/b14-10+/t22-,23?,25-,26?,27-,28+/m1/s1. The number of hydrogen-bond acceptors (Lipinski definition) is 6. The Morgan fingerprint density at radius 3 is 2.53 bits per heavy atom. The lowest BCUT2D eigenvalue weighted by Gasteiger charge is -2.42. The predicted octanol–water partition coefficient (Wildman–Crippen LogP) is 5.11. The highest BCUT2D eigenvalue weighted by Gasteiger charge is 2.72. The lowest BCUT2D eigenvalue weighted by molar-refractivity contribution is -0.166. The molecule has 1 spiro atoms. The molecule has 2 unspecified atom stereocenters. The summed E-state index contributed by atoms with van der Waals surface area (Å²) in [5.41, 5.74) is 1.62. The maximum absolute atomic E-state index is 12.7. The minimum Gasteiger partial charge on any atom is -0.491 e. The van der Waals surface area contributed by atoms with E-state index in [0.29, 0.717) is 13.0 Å². The number of epoxide rings is 2. The molecule has 6 nitrogen and oxygen atoms in total. The largest absolute Gasteiger partial charge is 0.491 e. The third kappa shape index (κ3) is 5.40. The number of esters is 1. The maximum atomic E-state index is 12.7. The molecule has 1 aromatic carbocycles. The lowest BCUT2D eigenvalue weighted by atomic mass is 9.68. The molecular weight excluding hydrogens is 432 g/mol. The number of carbonyl (C=O) groups is 1. The number of methoxy groups -OCH3 is 1. The molecule has 34 heavy (non-hydrogen) atoms. The van der Waals surface area contributed by atoms with Crippen LogP contribution in [0, 0.1) is 5.92 Å². The highest BCUT2D eigenvalue weighted by Crippen LogP contribution is 2.59.